The van der Waals surface area contributed by atoms with Gasteiger partial charge in [0.15, 0.2) is 0 Å². The summed E-state index contributed by atoms with van der Waals surface area (Å²) in [7, 11) is 0. The molecule has 0 aromatic heterocycles. The van der Waals surface area contributed by atoms with Crippen molar-refractivity contribution < 1.29 is 14.7 Å². The molecule has 0 rings (SSSR count). The molecular formula is C14H28N2O3. The number of nitrogens with one attached hydrogen (secondary N) is 1. The molecule has 0 aliphatic rings. The van der Waals surface area contributed by atoms with E-state index in [1.165, 1.54) is 0 Å². The minimum absolute atomic E-state index is 0.0852. The molecule has 0 spiro atoms. The highest BCUT2D eigenvalue weighted by molar-refractivity contribution is 5.82. The minimum atomic E-state index is -0.877. The summed E-state index contributed by atoms with van der Waals surface area (Å²) in [4.78, 5) is 22.9. The van der Waals surface area contributed by atoms with E-state index in [0.29, 0.717) is 12.8 Å². The summed E-state index contributed by atoms with van der Waals surface area (Å²) < 4.78 is 0. The molecular weight excluding hydrogens is 244 g/mol. The highest BCUT2D eigenvalue weighted by Crippen LogP contribution is 2.24. The first-order valence-corrected chi connectivity index (χ1v) is 6.93. The van der Waals surface area contributed by atoms with Crippen molar-refractivity contribution in [3.63, 3.8) is 0 Å². The largest absolute Gasteiger partial charge is 0.481 e. The Morgan fingerprint density at radius 3 is 2.32 bits per heavy atom. The summed E-state index contributed by atoms with van der Waals surface area (Å²) in [5, 5.41) is 11.8. The number of amides is 1. The molecule has 0 fully saturated rings. The number of hydrogen-bond acceptors (Lipinski definition) is 3. The van der Waals surface area contributed by atoms with Crippen LogP contribution >= 0.6 is 0 Å². The van der Waals surface area contributed by atoms with Gasteiger partial charge in [-0.1, -0.05) is 40.5 Å². The average molecular weight is 272 g/mol. The number of carboxylic acid groups (broad SMARTS) is 1. The zero-order valence-corrected chi connectivity index (χ0v) is 12.5. The Morgan fingerprint density at radius 1 is 1.32 bits per heavy atom. The maximum Gasteiger partial charge on any atom is 0.308 e. The van der Waals surface area contributed by atoms with Crippen LogP contribution in [0.25, 0.3) is 0 Å². The summed E-state index contributed by atoms with van der Waals surface area (Å²) >= 11 is 0. The molecule has 0 saturated carbocycles. The average Bonchev–Trinajstić information content (AvgIpc) is 2.29. The maximum absolute atomic E-state index is 11.7. The number of aliphatic carboxylic acids is 1. The van der Waals surface area contributed by atoms with Crippen molar-refractivity contribution in [1.82, 2.24) is 5.32 Å². The highest BCUT2D eigenvalue weighted by Gasteiger charge is 2.25. The van der Waals surface area contributed by atoms with Crippen LogP contribution in [0.1, 0.15) is 53.4 Å². The van der Waals surface area contributed by atoms with Gasteiger partial charge in [-0.2, -0.15) is 0 Å². The van der Waals surface area contributed by atoms with E-state index in [9.17, 15) is 9.59 Å². The number of unbranched alkanes of at least 4 members (excludes halogenated alkanes) is 1. The first-order chi connectivity index (χ1) is 8.67. The van der Waals surface area contributed by atoms with E-state index in [-0.39, 0.29) is 17.9 Å². The van der Waals surface area contributed by atoms with E-state index in [1.54, 1.807) is 0 Å². The van der Waals surface area contributed by atoms with Crippen LogP contribution in [-0.4, -0.2) is 29.6 Å². The van der Waals surface area contributed by atoms with E-state index in [0.717, 1.165) is 12.8 Å². The SMILES string of the molecule is CCCC[C@H](N)C(=O)NCC(CC(C)(C)C)C(=O)O. The van der Waals surface area contributed by atoms with Gasteiger partial charge in [0.25, 0.3) is 0 Å². The van der Waals surface area contributed by atoms with Crippen molar-refractivity contribution in [3.05, 3.63) is 0 Å². The molecule has 0 radical (unpaired) electrons. The van der Waals surface area contributed by atoms with Gasteiger partial charge in [-0.15, -0.1) is 0 Å². The van der Waals surface area contributed by atoms with Crippen LogP contribution in [0.15, 0.2) is 0 Å². The minimum Gasteiger partial charge on any atom is -0.481 e. The van der Waals surface area contributed by atoms with Gasteiger partial charge in [-0.3, -0.25) is 9.59 Å². The summed E-state index contributed by atoms with van der Waals surface area (Å²) in [6.45, 7) is 8.13. The van der Waals surface area contributed by atoms with Crippen molar-refractivity contribution in [2.45, 2.75) is 59.4 Å². The molecule has 19 heavy (non-hydrogen) atoms. The lowest BCUT2D eigenvalue weighted by molar-refractivity contribution is -0.142. The van der Waals surface area contributed by atoms with E-state index >= 15 is 0 Å². The first kappa shape index (κ1) is 17.9. The third-order valence-electron chi connectivity index (χ3n) is 2.94. The monoisotopic (exact) mass is 272 g/mol. The molecule has 5 nitrogen and oxygen atoms in total. The number of rotatable bonds is 8. The number of carboxylic acids is 1. The quantitative estimate of drug-likeness (QED) is 0.627. The Balaban J connectivity index is 4.25. The predicted octanol–water partition coefficient (Wildman–Crippen LogP) is 1.76. The molecule has 0 bridgehead atoms. The molecule has 0 aromatic carbocycles. The third kappa shape index (κ3) is 8.59. The van der Waals surface area contributed by atoms with Gasteiger partial charge in [0.2, 0.25) is 5.91 Å². The summed E-state index contributed by atoms with van der Waals surface area (Å²) in [6, 6.07) is -0.538. The Bertz CT molecular complexity index is 298. The second-order valence-corrected chi connectivity index (χ2v) is 6.29. The number of hydrogen-bond donors (Lipinski definition) is 3. The van der Waals surface area contributed by atoms with Crippen LogP contribution in [0, 0.1) is 11.3 Å². The van der Waals surface area contributed by atoms with Crippen molar-refractivity contribution in [3.8, 4) is 0 Å². The number of carbonyl (C=O) groups excluding carboxylic acids is 1. The Hall–Kier alpha value is -1.10. The van der Waals surface area contributed by atoms with Gasteiger partial charge in [-0.05, 0) is 18.3 Å². The van der Waals surface area contributed by atoms with Crippen molar-refractivity contribution >= 4 is 11.9 Å². The topological polar surface area (TPSA) is 92.4 Å². The van der Waals surface area contributed by atoms with Gasteiger partial charge in [0, 0.05) is 6.54 Å². The van der Waals surface area contributed by atoms with Crippen LogP contribution in [0.3, 0.4) is 0 Å². The van der Waals surface area contributed by atoms with Crippen LogP contribution in [0.4, 0.5) is 0 Å². The fourth-order valence-corrected chi connectivity index (χ4v) is 1.90. The highest BCUT2D eigenvalue weighted by atomic mass is 16.4. The number of nitrogens with two attached hydrogens (primary N) is 1. The lowest BCUT2D eigenvalue weighted by Crippen LogP contribution is -2.44. The van der Waals surface area contributed by atoms with Gasteiger partial charge >= 0.3 is 5.97 Å². The fraction of sp³-hybridized carbons (Fsp3) is 0.857. The van der Waals surface area contributed by atoms with Crippen LogP contribution in [0.2, 0.25) is 0 Å². The molecule has 0 aromatic rings. The zero-order chi connectivity index (χ0) is 15.1. The molecule has 1 unspecified atom stereocenters. The molecule has 0 aliphatic carbocycles. The zero-order valence-electron chi connectivity index (χ0n) is 12.5. The van der Waals surface area contributed by atoms with Crippen LogP contribution in [0.5, 0.6) is 0 Å². The summed E-state index contributed by atoms with van der Waals surface area (Å²) in [5.74, 6) is -1.70. The Labute approximate surface area is 115 Å². The third-order valence-corrected chi connectivity index (χ3v) is 2.94. The standard InChI is InChI=1S/C14H28N2O3/c1-5-6-7-11(15)12(17)16-9-10(13(18)19)8-14(2,3)4/h10-11H,5-9,15H2,1-4H3,(H,16,17)(H,18,19)/t10?,11-/m0/s1. The van der Waals surface area contributed by atoms with E-state index in [1.807, 2.05) is 27.7 Å². The first-order valence-electron chi connectivity index (χ1n) is 6.93. The predicted molar refractivity (Wildman–Crippen MR) is 75.7 cm³/mol. The summed E-state index contributed by atoms with van der Waals surface area (Å²) in [5.41, 5.74) is 5.65. The molecule has 4 N–H and O–H groups in total. The molecule has 5 heteroatoms. The maximum atomic E-state index is 11.7. The van der Waals surface area contributed by atoms with Gasteiger partial charge in [0.05, 0.1) is 12.0 Å². The number of carbonyl (C=O) groups is 2. The van der Waals surface area contributed by atoms with Crippen molar-refractivity contribution in [1.29, 1.82) is 0 Å². The molecule has 0 aliphatic heterocycles. The molecule has 112 valence electrons. The second-order valence-electron chi connectivity index (χ2n) is 6.29. The van der Waals surface area contributed by atoms with E-state index < -0.39 is 17.9 Å². The lowest BCUT2D eigenvalue weighted by Gasteiger charge is -2.24. The van der Waals surface area contributed by atoms with Crippen LogP contribution < -0.4 is 11.1 Å². The Kier molecular flexibility index (Phi) is 7.68. The molecule has 2 atom stereocenters. The second kappa shape index (κ2) is 8.15. The van der Waals surface area contributed by atoms with Gasteiger partial charge in [0.1, 0.15) is 0 Å². The van der Waals surface area contributed by atoms with Crippen molar-refractivity contribution in [2.75, 3.05) is 6.54 Å². The van der Waals surface area contributed by atoms with E-state index in [2.05, 4.69) is 5.32 Å². The molecule has 1 amide bonds. The smallest absolute Gasteiger partial charge is 0.308 e. The van der Waals surface area contributed by atoms with Gasteiger partial charge in [-0.25, -0.2) is 0 Å². The molecule has 0 heterocycles. The lowest BCUT2D eigenvalue weighted by atomic mass is 9.84. The van der Waals surface area contributed by atoms with E-state index in [4.69, 9.17) is 10.8 Å². The van der Waals surface area contributed by atoms with Crippen molar-refractivity contribution in [2.24, 2.45) is 17.1 Å². The summed E-state index contributed by atoms with van der Waals surface area (Å²) in [6.07, 6.45) is 3.05. The fourth-order valence-electron chi connectivity index (χ4n) is 1.90. The van der Waals surface area contributed by atoms with Crippen LogP contribution in [-0.2, 0) is 9.59 Å². The Morgan fingerprint density at radius 2 is 1.89 bits per heavy atom. The normalized spacial score (nSPS) is 14.8. The van der Waals surface area contributed by atoms with Gasteiger partial charge < -0.3 is 16.2 Å². The molecule has 0 saturated heterocycles.